The number of nitrogens with one attached hydrogen (secondary N) is 3. The first-order chi connectivity index (χ1) is 11.0. The fourth-order valence-corrected chi connectivity index (χ4v) is 2.94. The Hall–Kier alpha value is -2.76. The lowest BCUT2D eigenvalue weighted by atomic mass is 10.1. The van der Waals surface area contributed by atoms with Gasteiger partial charge in [-0.25, -0.2) is 10.2 Å². The summed E-state index contributed by atoms with van der Waals surface area (Å²) in [5.74, 6) is 0.771. The lowest BCUT2D eigenvalue weighted by molar-refractivity contribution is 0.0934. The van der Waals surface area contributed by atoms with Crippen molar-refractivity contribution in [3.8, 4) is 0 Å². The Morgan fingerprint density at radius 3 is 2.70 bits per heavy atom. The molecule has 1 atom stereocenters. The number of rotatable bonds is 2. The van der Waals surface area contributed by atoms with E-state index in [9.17, 15) is 9.59 Å². The minimum absolute atomic E-state index is 0.0268. The Kier molecular flexibility index (Phi) is 4.06. The summed E-state index contributed by atoms with van der Waals surface area (Å²) in [6, 6.07) is 9.22. The quantitative estimate of drug-likeness (QED) is 0.745. The number of hydrazine groups is 1. The van der Waals surface area contributed by atoms with Crippen LogP contribution in [0.1, 0.15) is 45.5 Å². The molecule has 0 saturated carbocycles. The topological polar surface area (TPSA) is 83.4 Å². The van der Waals surface area contributed by atoms with Crippen molar-refractivity contribution in [1.29, 1.82) is 0 Å². The van der Waals surface area contributed by atoms with Crippen molar-refractivity contribution in [2.24, 2.45) is 0 Å². The van der Waals surface area contributed by atoms with Gasteiger partial charge in [0.2, 0.25) is 0 Å². The molecule has 1 aromatic heterocycles. The van der Waals surface area contributed by atoms with Crippen molar-refractivity contribution in [2.75, 3.05) is 0 Å². The molecule has 0 fully saturated rings. The third kappa shape index (κ3) is 3.21. The van der Waals surface area contributed by atoms with Crippen LogP contribution in [0.15, 0.2) is 34.7 Å². The van der Waals surface area contributed by atoms with E-state index in [0.717, 1.165) is 18.4 Å². The summed E-state index contributed by atoms with van der Waals surface area (Å²) in [7, 11) is 0. The molecule has 1 heterocycles. The predicted molar refractivity (Wildman–Crippen MR) is 84.8 cm³/mol. The zero-order valence-electron chi connectivity index (χ0n) is 13.1. The first kappa shape index (κ1) is 15.1. The molecule has 2 aromatic rings. The van der Waals surface area contributed by atoms with Gasteiger partial charge in [-0.3, -0.25) is 10.2 Å². The van der Waals surface area contributed by atoms with E-state index in [1.54, 1.807) is 19.9 Å². The summed E-state index contributed by atoms with van der Waals surface area (Å²) in [5, 5.41) is 2.87. The molecule has 0 aliphatic heterocycles. The minimum atomic E-state index is -0.432. The number of fused-ring (bicyclic) bond motifs is 1. The van der Waals surface area contributed by atoms with Gasteiger partial charge in [-0.15, -0.1) is 0 Å². The second-order valence-corrected chi connectivity index (χ2v) is 5.67. The molecule has 0 saturated heterocycles. The standard InChI is InChI=1S/C17H19N3O3/c1-10-9-14(11(2)23-10)16(21)19-20-17(22)18-15-8-7-12-5-3-4-6-13(12)15/h3-6,9,15H,7-8H2,1-2H3,(H,19,21)(H2,18,20,22). The third-order valence-electron chi connectivity index (χ3n) is 4.01. The number of benzene rings is 1. The van der Waals surface area contributed by atoms with Crippen molar-refractivity contribution in [1.82, 2.24) is 16.2 Å². The first-order valence-corrected chi connectivity index (χ1v) is 7.56. The Morgan fingerprint density at radius 1 is 1.17 bits per heavy atom. The van der Waals surface area contributed by atoms with Gasteiger partial charge < -0.3 is 9.73 Å². The lowest BCUT2D eigenvalue weighted by Gasteiger charge is -2.15. The van der Waals surface area contributed by atoms with E-state index < -0.39 is 11.9 Å². The number of carbonyl (C=O) groups is 2. The van der Waals surface area contributed by atoms with Gasteiger partial charge in [0.05, 0.1) is 11.6 Å². The lowest BCUT2D eigenvalue weighted by Crippen LogP contribution is -2.47. The van der Waals surface area contributed by atoms with Crippen LogP contribution in [0.3, 0.4) is 0 Å². The molecule has 0 radical (unpaired) electrons. The van der Waals surface area contributed by atoms with Crippen molar-refractivity contribution in [3.63, 3.8) is 0 Å². The predicted octanol–water partition coefficient (Wildman–Crippen LogP) is 2.53. The van der Waals surface area contributed by atoms with E-state index in [1.807, 2.05) is 18.2 Å². The maximum Gasteiger partial charge on any atom is 0.333 e. The van der Waals surface area contributed by atoms with Crippen LogP contribution >= 0.6 is 0 Å². The van der Waals surface area contributed by atoms with Crippen molar-refractivity contribution < 1.29 is 14.0 Å². The van der Waals surface area contributed by atoms with Gasteiger partial charge in [-0.05, 0) is 43.9 Å². The van der Waals surface area contributed by atoms with E-state index in [-0.39, 0.29) is 6.04 Å². The van der Waals surface area contributed by atoms with Crippen LogP contribution in [0.25, 0.3) is 0 Å². The van der Waals surface area contributed by atoms with E-state index in [2.05, 4.69) is 22.2 Å². The number of hydrogen-bond acceptors (Lipinski definition) is 3. The van der Waals surface area contributed by atoms with Crippen molar-refractivity contribution >= 4 is 11.9 Å². The molecule has 3 amide bonds. The molecule has 1 unspecified atom stereocenters. The summed E-state index contributed by atoms with van der Waals surface area (Å²) in [5.41, 5.74) is 7.58. The number of aryl methyl sites for hydroxylation is 3. The highest BCUT2D eigenvalue weighted by Crippen LogP contribution is 2.30. The van der Waals surface area contributed by atoms with Gasteiger partial charge in [0.15, 0.2) is 0 Å². The van der Waals surface area contributed by atoms with Gasteiger partial charge >= 0.3 is 6.03 Å². The average molecular weight is 313 g/mol. The molecule has 1 aromatic carbocycles. The molecule has 0 bridgehead atoms. The molecule has 1 aliphatic rings. The Labute approximate surface area is 134 Å². The first-order valence-electron chi connectivity index (χ1n) is 7.56. The number of carbonyl (C=O) groups excluding carboxylic acids is 2. The summed E-state index contributed by atoms with van der Waals surface area (Å²) in [6.07, 6.45) is 1.81. The third-order valence-corrected chi connectivity index (χ3v) is 4.01. The van der Waals surface area contributed by atoms with Crippen LogP contribution in [0.4, 0.5) is 4.79 Å². The van der Waals surface area contributed by atoms with Crippen LogP contribution < -0.4 is 16.2 Å². The highest BCUT2D eigenvalue weighted by Gasteiger charge is 2.23. The van der Waals surface area contributed by atoms with Crippen LogP contribution in [0.2, 0.25) is 0 Å². The zero-order valence-corrected chi connectivity index (χ0v) is 13.1. The Bertz CT molecular complexity index is 751. The van der Waals surface area contributed by atoms with Crippen LogP contribution in [-0.4, -0.2) is 11.9 Å². The normalized spacial score (nSPS) is 15.8. The van der Waals surface area contributed by atoms with Crippen molar-refractivity contribution in [3.05, 3.63) is 58.5 Å². The highest BCUT2D eigenvalue weighted by atomic mass is 16.3. The van der Waals surface area contributed by atoms with Crippen molar-refractivity contribution in [2.45, 2.75) is 32.7 Å². The number of amides is 3. The minimum Gasteiger partial charge on any atom is -0.466 e. The second kappa shape index (κ2) is 6.16. The van der Waals surface area contributed by atoms with Gasteiger partial charge in [-0.2, -0.15) is 0 Å². The Balaban J connectivity index is 1.55. The van der Waals surface area contributed by atoms with Gasteiger partial charge in [0.1, 0.15) is 11.5 Å². The molecule has 0 spiro atoms. The number of urea groups is 1. The molecular weight excluding hydrogens is 294 g/mol. The molecular formula is C17H19N3O3. The highest BCUT2D eigenvalue weighted by molar-refractivity contribution is 5.96. The van der Waals surface area contributed by atoms with Crippen LogP contribution in [0.5, 0.6) is 0 Å². The second-order valence-electron chi connectivity index (χ2n) is 5.67. The zero-order chi connectivity index (χ0) is 16.4. The number of hydrogen-bond donors (Lipinski definition) is 3. The average Bonchev–Trinajstić information content (AvgIpc) is 3.08. The summed E-state index contributed by atoms with van der Waals surface area (Å²) >= 11 is 0. The van der Waals surface area contributed by atoms with E-state index >= 15 is 0 Å². The molecule has 1 aliphatic carbocycles. The molecule has 6 nitrogen and oxygen atoms in total. The number of furan rings is 1. The fraction of sp³-hybridized carbons (Fsp3) is 0.294. The molecule has 120 valence electrons. The van der Waals surface area contributed by atoms with Gasteiger partial charge in [-0.1, -0.05) is 24.3 Å². The maximum absolute atomic E-state index is 12.0. The van der Waals surface area contributed by atoms with Crippen LogP contribution in [-0.2, 0) is 6.42 Å². The van der Waals surface area contributed by atoms with E-state index in [4.69, 9.17) is 4.42 Å². The SMILES string of the molecule is Cc1cc(C(=O)NNC(=O)NC2CCc3ccccc32)c(C)o1. The molecule has 23 heavy (non-hydrogen) atoms. The monoisotopic (exact) mass is 313 g/mol. The summed E-state index contributed by atoms with van der Waals surface area (Å²) in [6.45, 7) is 3.47. The van der Waals surface area contributed by atoms with E-state index in [0.29, 0.717) is 17.1 Å². The molecule has 3 N–H and O–H groups in total. The molecule has 3 rings (SSSR count). The Morgan fingerprint density at radius 2 is 1.96 bits per heavy atom. The fourth-order valence-electron chi connectivity index (χ4n) is 2.94. The smallest absolute Gasteiger partial charge is 0.333 e. The summed E-state index contributed by atoms with van der Waals surface area (Å²) in [4.78, 5) is 24.0. The maximum atomic E-state index is 12.0. The van der Waals surface area contributed by atoms with Crippen LogP contribution in [0, 0.1) is 13.8 Å². The van der Waals surface area contributed by atoms with Gasteiger partial charge in [0.25, 0.3) is 5.91 Å². The van der Waals surface area contributed by atoms with Gasteiger partial charge in [0, 0.05) is 0 Å². The largest absolute Gasteiger partial charge is 0.466 e. The van der Waals surface area contributed by atoms with E-state index in [1.165, 1.54) is 5.56 Å². The molecule has 6 heteroatoms. The summed E-state index contributed by atoms with van der Waals surface area (Å²) < 4.78 is 5.30.